The van der Waals surface area contributed by atoms with E-state index in [1.54, 1.807) is 12.4 Å². The second-order valence-corrected chi connectivity index (χ2v) is 8.43. The maximum atomic E-state index is 11.5. The van der Waals surface area contributed by atoms with Crippen LogP contribution in [-0.4, -0.2) is 26.2 Å². The van der Waals surface area contributed by atoms with Crippen molar-refractivity contribution >= 4 is 46.1 Å². The van der Waals surface area contributed by atoms with Crippen LogP contribution >= 0.6 is 24.2 Å². The van der Waals surface area contributed by atoms with Gasteiger partial charge in [0.25, 0.3) is 0 Å². The number of nitrogens with zero attached hydrogens (tertiary/aromatic N) is 3. The molecule has 2 aromatic heterocycles. The normalized spacial score (nSPS) is 11.1. The molecule has 0 aliphatic rings. The highest BCUT2D eigenvalue weighted by Crippen LogP contribution is 2.29. The van der Waals surface area contributed by atoms with Gasteiger partial charge in [-0.2, -0.15) is 0 Å². The van der Waals surface area contributed by atoms with E-state index >= 15 is 0 Å². The molecule has 4 aromatic rings. The van der Waals surface area contributed by atoms with E-state index in [9.17, 15) is 4.79 Å². The Balaban J connectivity index is 1.52. The summed E-state index contributed by atoms with van der Waals surface area (Å²) in [4.78, 5) is 20.3. The first-order chi connectivity index (χ1) is 14.8. The predicted molar refractivity (Wildman–Crippen MR) is 130 cm³/mol. The third-order valence-electron chi connectivity index (χ3n) is 5.50. The first-order valence-corrected chi connectivity index (χ1v) is 10.8. The maximum Gasteiger partial charge on any atom is 0.216 e. The van der Waals surface area contributed by atoms with Gasteiger partial charge in [-0.1, -0.05) is 23.7 Å². The first kappa shape index (κ1) is 21.4. The first-order valence-electron chi connectivity index (χ1n) is 10.0. The summed E-state index contributed by atoms with van der Waals surface area (Å²) >= 11 is 10.4. The molecule has 7 heteroatoms. The lowest BCUT2D eigenvalue weighted by molar-refractivity contribution is 0.109. The van der Waals surface area contributed by atoms with Crippen molar-refractivity contribution in [3.05, 3.63) is 76.2 Å². The van der Waals surface area contributed by atoms with Gasteiger partial charge in [-0.25, -0.2) is 9.97 Å². The summed E-state index contributed by atoms with van der Waals surface area (Å²) in [5, 5.41) is 5.09. The molecule has 0 bridgehead atoms. The molecule has 0 saturated heterocycles. The predicted octanol–water partition coefficient (Wildman–Crippen LogP) is 5.86. The number of carbonyl (C=O) groups is 1. The highest BCUT2D eigenvalue weighted by atomic mass is 35.5. The minimum atomic E-state index is -0.239. The number of thiol groups is 1. The highest BCUT2D eigenvalue weighted by molar-refractivity contribution is 7.97. The van der Waals surface area contributed by atoms with Crippen LogP contribution in [0.4, 0.5) is 5.82 Å². The lowest BCUT2D eigenvalue weighted by Gasteiger charge is -2.12. The van der Waals surface area contributed by atoms with Crippen molar-refractivity contribution in [2.45, 2.75) is 27.3 Å². The molecule has 0 amide bonds. The average molecular weight is 451 g/mol. The van der Waals surface area contributed by atoms with E-state index in [0.29, 0.717) is 12.1 Å². The number of fused-ring (bicyclic) bond motifs is 1. The smallest absolute Gasteiger partial charge is 0.216 e. The number of carbonyl (C=O) groups excluding carboxylic acids is 1. The van der Waals surface area contributed by atoms with Crippen molar-refractivity contribution < 1.29 is 4.79 Å². The Bertz CT molecular complexity index is 1300. The molecule has 0 saturated carbocycles. The summed E-state index contributed by atoms with van der Waals surface area (Å²) in [6.07, 6.45) is 1.54. The average Bonchev–Trinajstić information content (AvgIpc) is 3.08. The molecule has 1 N–H and O–H groups in total. The largest absolute Gasteiger partial charge is 0.368 e. The number of benzene rings is 2. The molecule has 158 valence electrons. The molecule has 0 aliphatic heterocycles. The number of aromatic nitrogens is 3. The minimum absolute atomic E-state index is 0.239. The molecule has 4 rings (SSSR count). The Morgan fingerprint density at radius 2 is 1.87 bits per heavy atom. The number of nitrogens with one attached hydrogen (secondary N) is 1. The van der Waals surface area contributed by atoms with Gasteiger partial charge in [-0.3, -0.25) is 4.79 Å². The van der Waals surface area contributed by atoms with Gasteiger partial charge < -0.3 is 9.88 Å². The quantitative estimate of drug-likeness (QED) is 0.361. The van der Waals surface area contributed by atoms with E-state index < -0.39 is 0 Å². The van der Waals surface area contributed by atoms with Gasteiger partial charge in [0, 0.05) is 41.4 Å². The minimum Gasteiger partial charge on any atom is -0.368 e. The number of aryl methyl sites for hydroxylation is 3. The van der Waals surface area contributed by atoms with Crippen molar-refractivity contribution in [2.75, 3.05) is 11.9 Å². The fourth-order valence-electron chi connectivity index (χ4n) is 3.86. The molecule has 5 nitrogen and oxygen atoms in total. The van der Waals surface area contributed by atoms with E-state index in [4.69, 9.17) is 11.6 Å². The van der Waals surface area contributed by atoms with Gasteiger partial charge in [-0.05, 0) is 56.2 Å². The number of anilines is 1. The van der Waals surface area contributed by atoms with Gasteiger partial charge in [-0.15, -0.1) is 12.6 Å². The van der Waals surface area contributed by atoms with E-state index in [0.717, 1.165) is 39.7 Å². The van der Waals surface area contributed by atoms with E-state index in [1.807, 2.05) is 31.2 Å². The summed E-state index contributed by atoms with van der Waals surface area (Å²) in [5.41, 5.74) is 6.64. The Morgan fingerprint density at radius 1 is 1.06 bits per heavy atom. The number of halogens is 1. The molecule has 0 fully saturated rings. The second kappa shape index (κ2) is 8.73. The third-order valence-corrected chi connectivity index (χ3v) is 6.04. The summed E-state index contributed by atoms with van der Waals surface area (Å²) in [5.74, 6) is 0.744. The number of rotatable bonds is 6. The zero-order chi connectivity index (χ0) is 22.1. The van der Waals surface area contributed by atoms with Crippen LogP contribution in [0.25, 0.3) is 22.2 Å². The van der Waals surface area contributed by atoms with Gasteiger partial charge in [0.1, 0.15) is 12.1 Å². The molecular weight excluding hydrogens is 428 g/mol. The summed E-state index contributed by atoms with van der Waals surface area (Å²) in [7, 11) is 0. The Labute approximate surface area is 191 Å². The second-order valence-electron chi connectivity index (χ2n) is 7.61. The van der Waals surface area contributed by atoms with Crippen LogP contribution in [0.5, 0.6) is 0 Å². The molecule has 0 unspecified atom stereocenters. The molecule has 31 heavy (non-hydrogen) atoms. The zero-order valence-electron chi connectivity index (χ0n) is 17.6. The van der Waals surface area contributed by atoms with Crippen LogP contribution in [0.1, 0.15) is 27.2 Å². The summed E-state index contributed by atoms with van der Waals surface area (Å²) in [6.45, 7) is 7.54. The summed E-state index contributed by atoms with van der Waals surface area (Å²) in [6, 6.07) is 13.7. The van der Waals surface area contributed by atoms with Crippen molar-refractivity contribution in [1.29, 1.82) is 0 Å². The molecule has 0 radical (unpaired) electrons. The topological polar surface area (TPSA) is 59.8 Å². The van der Waals surface area contributed by atoms with E-state index in [-0.39, 0.29) is 5.12 Å². The van der Waals surface area contributed by atoms with Crippen LogP contribution < -0.4 is 5.32 Å². The lowest BCUT2D eigenvalue weighted by Crippen LogP contribution is -2.12. The fourth-order valence-corrected chi connectivity index (χ4v) is 4.38. The molecular formula is C24H23ClN4OS. The highest BCUT2D eigenvalue weighted by Gasteiger charge is 2.12. The van der Waals surface area contributed by atoms with Crippen LogP contribution in [0, 0.1) is 20.8 Å². The summed E-state index contributed by atoms with van der Waals surface area (Å²) < 4.78 is 2.23. The van der Waals surface area contributed by atoms with Crippen LogP contribution in [0.2, 0.25) is 5.02 Å². The maximum absolute atomic E-state index is 11.5. The van der Waals surface area contributed by atoms with Gasteiger partial charge in [0.05, 0.1) is 16.2 Å². The molecule has 0 aliphatic carbocycles. The molecule has 0 spiro atoms. The van der Waals surface area contributed by atoms with Crippen molar-refractivity contribution in [2.24, 2.45) is 0 Å². The monoisotopic (exact) mass is 450 g/mol. The molecule has 0 atom stereocenters. The molecule has 2 heterocycles. The number of hydrogen-bond donors (Lipinski definition) is 2. The van der Waals surface area contributed by atoms with Crippen molar-refractivity contribution in [1.82, 2.24) is 14.5 Å². The van der Waals surface area contributed by atoms with Gasteiger partial charge in [0.2, 0.25) is 5.12 Å². The van der Waals surface area contributed by atoms with Crippen LogP contribution in [0.3, 0.4) is 0 Å². The van der Waals surface area contributed by atoms with Gasteiger partial charge in [0.15, 0.2) is 0 Å². The van der Waals surface area contributed by atoms with Crippen LogP contribution in [0.15, 0.2) is 48.8 Å². The zero-order valence-corrected chi connectivity index (χ0v) is 19.3. The van der Waals surface area contributed by atoms with Crippen molar-refractivity contribution in [3.8, 4) is 11.3 Å². The SMILES string of the molecule is Cc1cc(-c2cc(NCCn3c(C)cc4c(C)ccc(Cl)c43)ncn2)ccc1C(=O)S. The van der Waals surface area contributed by atoms with E-state index in [2.05, 4.69) is 58.5 Å². The molecule has 2 aromatic carbocycles. The third kappa shape index (κ3) is 4.31. The Kier molecular flexibility index (Phi) is 6.03. The standard InChI is InChI=1S/C24H23ClN4OS/c1-14-4-7-20(25)23-19(14)11-16(3)29(23)9-8-26-22-12-21(27-13-28-22)17-5-6-18(24(30)31)15(2)10-17/h4-7,10-13H,8-9H2,1-3H3,(H,30,31)(H,26,27,28). The van der Waals surface area contributed by atoms with Crippen molar-refractivity contribution in [3.63, 3.8) is 0 Å². The van der Waals surface area contributed by atoms with Crippen LogP contribution in [-0.2, 0) is 6.54 Å². The lowest BCUT2D eigenvalue weighted by atomic mass is 10.0. The Hall–Kier alpha value is -2.83. The fraction of sp³-hybridized carbons (Fsp3) is 0.208. The number of hydrogen-bond acceptors (Lipinski definition) is 4. The Morgan fingerprint density at radius 3 is 2.61 bits per heavy atom. The van der Waals surface area contributed by atoms with E-state index in [1.165, 1.54) is 16.6 Å². The van der Waals surface area contributed by atoms with Gasteiger partial charge >= 0.3 is 0 Å².